The first-order valence-electron chi connectivity index (χ1n) is 5.16. The minimum atomic E-state index is -0.429. The minimum absolute atomic E-state index is 0.0124. The Labute approximate surface area is 93.1 Å². The van der Waals surface area contributed by atoms with Crippen molar-refractivity contribution in [3.05, 3.63) is 12.3 Å². The lowest BCUT2D eigenvalue weighted by Gasteiger charge is -2.30. The summed E-state index contributed by atoms with van der Waals surface area (Å²) in [6.07, 6.45) is 3.20. The molecule has 0 aromatic rings. The van der Waals surface area contributed by atoms with Gasteiger partial charge in [-0.2, -0.15) is 0 Å². The topological polar surface area (TPSA) is 29.5 Å². The third kappa shape index (κ3) is 7.00. The Morgan fingerprint density at radius 2 is 1.60 bits per heavy atom. The Kier molecular flexibility index (Phi) is 4.38. The van der Waals surface area contributed by atoms with Gasteiger partial charge in [-0.05, 0) is 41.5 Å². The van der Waals surface area contributed by atoms with Crippen LogP contribution in [0.5, 0.6) is 0 Å². The Bertz CT molecular complexity index is 243. The van der Waals surface area contributed by atoms with E-state index in [1.54, 1.807) is 6.20 Å². The number of ether oxygens (including phenoxy) is 1. The summed E-state index contributed by atoms with van der Waals surface area (Å²) in [6, 6.07) is 0. The van der Waals surface area contributed by atoms with E-state index in [-0.39, 0.29) is 11.5 Å². The van der Waals surface area contributed by atoms with Crippen LogP contribution in [0.2, 0.25) is 0 Å². The quantitative estimate of drug-likeness (QED) is 0.521. The largest absolute Gasteiger partial charge is 0.457 e. The van der Waals surface area contributed by atoms with Crippen LogP contribution in [-0.2, 0) is 9.53 Å². The van der Waals surface area contributed by atoms with E-state index < -0.39 is 5.60 Å². The lowest BCUT2D eigenvalue weighted by Crippen LogP contribution is -2.34. The van der Waals surface area contributed by atoms with Crippen molar-refractivity contribution in [1.29, 1.82) is 0 Å². The van der Waals surface area contributed by atoms with E-state index in [9.17, 15) is 4.79 Å². The molecular weight excluding hydrogens is 190 g/mol. The van der Waals surface area contributed by atoms with Crippen LogP contribution in [0.15, 0.2) is 12.3 Å². The van der Waals surface area contributed by atoms with Crippen molar-refractivity contribution in [2.75, 3.05) is 7.05 Å². The van der Waals surface area contributed by atoms with Gasteiger partial charge in [-0.15, -0.1) is 0 Å². The van der Waals surface area contributed by atoms with E-state index in [1.165, 1.54) is 6.08 Å². The highest BCUT2D eigenvalue weighted by molar-refractivity contribution is 5.82. The van der Waals surface area contributed by atoms with Gasteiger partial charge in [-0.3, -0.25) is 0 Å². The molecule has 0 spiro atoms. The maximum Gasteiger partial charge on any atom is 0.332 e. The van der Waals surface area contributed by atoms with Crippen LogP contribution in [0.1, 0.15) is 41.5 Å². The lowest BCUT2D eigenvalue weighted by atomic mass is 10.1. The maximum absolute atomic E-state index is 11.4. The van der Waals surface area contributed by atoms with Crippen molar-refractivity contribution in [1.82, 2.24) is 4.90 Å². The number of esters is 1. The first-order chi connectivity index (χ1) is 6.52. The fraction of sp³-hybridized carbons (Fsp3) is 0.750. The van der Waals surface area contributed by atoms with Crippen LogP contribution in [-0.4, -0.2) is 29.1 Å². The molecule has 88 valence electrons. The van der Waals surface area contributed by atoms with Crippen LogP contribution >= 0.6 is 0 Å². The van der Waals surface area contributed by atoms with Crippen LogP contribution in [0, 0.1) is 0 Å². The third-order valence-electron chi connectivity index (χ3n) is 1.90. The van der Waals surface area contributed by atoms with E-state index in [4.69, 9.17) is 4.74 Å². The molecule has 0 bridgehead atoms. The molecule has 0 fully saturated rings. The normalized spacial score (nSPS) is 13.0. The molecule has 0 heterocycles. The molecule has 0 aromatic carbocycles. The molecule has 3 heteroatoms. The van der Waals surface area contributed by atoms with Gasteiger partial charge in [0, 0.05) is 24.9 Å². The van der Waals surface area contributed by atoms with Crippen molar-refractivity contribution in [2.24, 2.45) is 0 Å². The molecule has 15 heavy (non-hydrogen) atoms. The van der Waals surface area contributed by atoms with Crippen molar-refractivity contribution in [3.8, 4) is 0 Å². The second kappa shape index (κ2) is 4.69. The van der Waals surface area contributed by atoms with Crippen LogP contribution in [0.3, 0.4) is 0 Å². The Morgan fingerprint density at radius 3 is 1.93 bits per heavy atom. The first-order valence-corrected chi connectivity index (χ1v) is 5.16. The number of carbonyl (C=O) groups is 1. The molecular formula is C12H23NO2. The SMILES string of the molecule is CN(/C=C/C(=O)OC(C)(C)C)C(C)(C)C. The summed E-state index contributed by atoms with van der Waals surface area (Å²) in [5.41, 5.74) is -0.416. The molecule has 0 aliphatic heterocycles. The van der Waals surface area contributed by atoms with Gasteiger partial charge >= 0.3 is 5.97 Å². The van der Waals surface area contributed by atoms with Gasteiger partial charge in [0.25, 0.3) is 0 Å². The zero-order chi connectivity index (χ0) is 12.3. The molecule has 0 aliphatic rings. The summed E-state index contributed by atoms with van der Waals surface area (Å²) < 4.78 is 5.15. The van der Waals surface area contributed by atoms with Crippen molar-refractivity contribution < 1.29 is 9.53 Å². The second-order valence-electron chi connectivity index (χ2n) is 5.63. The van der Waals surface area contributed by atoms with E-state index >= 15 is 0 Å². The third-order valence-corrected chi connectivity index (χ3v) is 1.90. The summed E-state index contributed by atoms with van der Waals surface area (Å²) in [6.45, 7) is 11.8. The Morgan fingerprint density at radius 1 is 1.13 bits per heavy atom. The van der Waals surface area contributed by atoms with E-state index in [0.29, 0.717) is 0 Å². The maximum atomic E-state index is 11.4. The van der Waals surface area contributed by atoms with Gasteiger partial charge in [0.15, 0.2) is 0 Å². The monoisotopic (exact) mass is 213 g/mol. The van der Waals surface area contributed by atoms with Gasteiger partial charge in [-0.25, -0.2) is 4.79 Å². The molecule has 0 aromatic heterocycles. The first kappa shape index (κ1) is 14.0. The zero-order valence-corrected chi connectivity index (χ0v) is 10.9. The number of nitrogens with zero attached hydrogens (tertiary/aromatic N) is 1. The fourth-order valence-corrected chi connectivity index (χ4v) is 0.732. The summed E-state index contributed by atoms with van der Waals surface area (Å²) in [4.78, 5) is 13.3. The van der Waals surface area contributed by atoms with Gasteiger partial charge in [0.05, 0.1) is 0 Å². The molecule has 0 saturated carbocycles. The standard InChI is InChI=1S/C12H23NO2/c1-11(2,3)13(7)9-8-10(14)15-12(4,5)6/h8-9H,1-7H3/b9-8+. The Hall–Kier alpha value is -0.990. The second-order valence-corrected chi connectivity index (χ2v) is 5.63. The molecule has 0 radical (unpaired) electrons. The van der Waals surface area contributed by atoms with Crippen LogP contribution in [0.25, 0.3) is 0 Å². The van der Waals surface area contributed by atoms with E-state index in [1.807, 2.05) is 32.7 Å². The molecule has 0 aliphatic carbocycles. The summed E-state index contributed by atoms with van der Waals surface area (Å²) >= 11 is 0. The summed E-state index contributed by atoms with van der Waals surface area (Å²) in [5.74, 6) is -0.307. The highest BCUT2D eigenvalue weighted by Crippen LogP contribution is 2.11. The molecule has 3 nitrogen and oxygen atoms in total. The summed E-state index contributed by atoms with van der Waals surface area (Å²) in [5, 5.41) is 0. The van der Waals surface area contributed by atoms with E-state index in [0.717, 1.165) is 0 Å². The van der Waals surface area contributed by atoms with Crippen molar-refractivity contribution >= 4 is 5.97 Å². The number of rotatable bonds is 2. The van der Waals surface area contributed by atoms with Crippen molar-refractivity contribution in [2.45, 2.75) is 52.7 Å². The summed E-state index contributed by atoms with van der Waals surface area (Å²) in [7, 11) is 1.93. The van der Waals surface area contributed by atoms with Gasteiger partial charge in [0.1, 0.15) is 5.60 Å². The van der Waals surface area contributed by atoms with E-state index in [2.05, 4.69) is 20.8 Å². The van der Waals surface area contributed by atoms with Crippen LogP contribution in [0.4, 0.5) is 0 Å². The molecule has 0 saturated heterocycles. The number of hydrogen-bond acceptors (Lipinski definition) is 3. The number of hydrogen-bond donors (Lipinski definition) is 0. The lowest BCUT2D eigenvalue weighted by molar-refractivity contribution is -0.148. The predicted octanol–water partition coefficient (Wildman–Crippen LogP) is 2.57. The molecule has 0 unspecified atom stereocenters. The Balaban J connectivity index is 4.25. The predicted molar refractivity (Wildman–Crippen MR) is 62.5 cm³/mol. The van der Waals surface area contributed by atoms with Gasteiger partial charge in [-0.1, -0.05) is 0 Å². The molecule has 0 amide bonds. The highest BCUT2D eigenvalue weighted by Gasteiger charge is 2.16. The highest BCUT2D eigenvalue weighted by atomic mass is 16.6. The fourth-order valence-electron chi connectivity index (χ4n) is 0.732. The van der Waals surface area contributed by atoms with Gasteiger partial charge < -0.3 is 9.64 Å². The van der Waals surface area contributed by atoms with Crippen molar-refractivity contribution in [3.63, 3.8) is 0 Å². The van der Waals surface area contributed by atoms with Gasteiger partial charge in [0.2, 0.25) is 0 Å². The number of carbonyl (C=O) groups excluding carboxylic acids is 1. The zero-order valence-electron chi connectivity index (χ0n) is 10.9. The average Bonchev–Trinajstić information content (AvgIpc) is 1.94. The van der Waals surface area contributed by atoms with Crippen LogP contribution < -0.4 is 0 Å². The average molecular weight is 213 g/mol. The minimum Gasteiger partial charge on any atom is -0.457 e. The molecule has 0 N–H and O–H groups in total. The molecule has 0 atom stereocenters. The molecule has 0 rings (SSSR count). The smallest absolute Gasteiger partial charge is 0.332 e.